The number of hydrogen-bond donors (Lipinski definition) is 0. The van der Waals surface area contributed by atoms with Crippen molar-refractivity contribution in [1.82, 2.24) is 0 Å². The van der Waals surface area contributed by atoms with Gasteiger partial charge in [0.2, 0.25) is 0 Å². The fourth-order valence-corrected chi connectivity index (χ4v) is 2.22. The van der Waals surface area contributed by atoms with Crippen LogP contribution in [0.15, 0.2) is 24.3 Å². The fourth-order valence-electron chi connectivity index (χ4n) is 1.60. The second kappa shape index (κ2) is 6.67. The summed E-state index contributed by atoms with van der Waals surface area (Å²) in [6.07, 6.45) is 3.57. The molecule has 0 aromatic heterocycles. The van der Waals surface area contributed by atoms with Crippen molar-refractivity contribution in [2.75, 3.05) is 5.88 Å². The maximum atomic E-state index is 5.93. The second-order valence-corrected chi connectivity index (χ2v) is 5.19. The van der Waals surface area contributed by atoms with Crippen molar-refractivity contribution < 1.29 is 0 Å². The average molecular weight is 323 g/mol. The molecule has 0 spiro atoms. The van der Waals surface area contributed by atoms with Crippen molar-refractivity contribution in [3.8, 4) is 0 Å². The lowest BCUT2D eigenvalue weighted by Crippen LogP contribution is -2.05. The van der Waals surface area contributed by atoms with Crippen LogP contribution in [-0.4, -0.2) is 5.88 Å². The molecule has 0 bridgehead atoms. The minimum Gasteiger partial charge on any atom is -0.126 e. The third-order valence-electron chi connectivity index (χ3n) is 2.35. The molecule has 0 heterocycles. The Labute approximate surface area is 105 Å². The molecule has 0 nitrogen and oxygen atoms in total. The highest BCUT2D eigenvalue weighted by atomic mass is 127. The van der Waals surface area contributed by atoms with Gasteiger partial charge in [-0.3, -0.25) is 0 Å². The minimum atomic E-state index is 0.640. The van der Waals surface area contributed by atoms with E-state index in [1.54, 1.807) is 0 Å². The normalized spacial score (nSPS) is 12.8. The number of rotatable bonds is 5. The van der Waals surface area contributed by atoms with Crippen molar-refractivity contribution in [2.24, 2.45) is 5.92 Å². The molecule has 0 fully saturated rings. The predicted molar refractivity (Wildman–Crippen MR) is 72.0 cm³/mol. The van der Waals surface area contributed by atoms with E-state index in [0.29, 0.717) is 5.92 Å². The van der Waals surface area contributed by atoms with Gasteiger partial charge in [-0.05, 0) is 59.0 Å². The first kappa shape index (κ1) is 12.3. The van der Waals surface area contributed by atoms with Crippen molar-refractivity contribution >= 4 is 34.2 Å². The molecule has 0 saturated heterocycles. The summed E-state index contributed by atoms with van der Waals surface area (Å²) in [6, 6.07) is 8.73. The third-order valence-corrected chi connectivity index (χ3v) is 3.51. The lowest BCUT2D eigenvalue weighted by atomic mass is 9.97. The molecule has 1 rings (SSSR count). The maximum absolute atomic E-state index is 5.93. The highest BCUT2D eigenvalue weighted by Crippen LogP contribution is 2.16. The van der Waals surface area contributed by atoms with Gasteiger partial charge in [-0.1, -0.05) is 25.5 Å². The molecule has 0 N–H and O–H groups in total. The van der Waals surface area contributed by atoms with Gasteiger partial charge in [0.05, 0.1) is 0 Å². The number of hydrogen-bond acceptors (Lipinski definition) is 0. The van der Waals surface area contributed by atoms with Crippen molar-refractivity contribution in [1.29, 1.82) is 0 Å². The first-order valence-electron chi connectivity index (χ1n) is 5.06. The average Bonchev–Trinajstić information content (AvgIpc) is 2.20. The zero-order chi connectivity index (χ0) is 10.4. The third kappa shape index (κ3) is 4.18. The number of benzene rings is 1. The topological polar surface area (TPSA) is 0 Å². The molecule has 0 aliphatic heterocycles. The van der Waals surface area contributed by atoms with E-state index in [2.05, 4.69) is 53.8 Å². The van der Waals surface area contributed by atoms with E-state index in [4.69, 9.17) is 11.6 Å². The van der Waals surface area contributed by atoms with E-state index in [-0.39, 0.29) is 0 Å². The SMILES string of the molecule is CCCC(CCl)Cc1ccc(I)cc1. The summed E-state index contributed by atoms with van der Waals surface area (Å²) < 4.78 is 1.30. The summed E-state index contributed by atoms with van der Waals surface area (Å²) in [5, 5.41) is 0. The van der Waals surface area contributed by atoms with Gasteiger partial charge in [-0.15, -0.1) is 11.6 Å². The molecule has 0 aliphatic rings. The van der Waals surface area contributed by atoms with Crippen molar-refractivity contribution in [2.45, 2.75) is 26.2 Å². The Hall–Kier alpha value is 0.240. The number of halogens is 2. The maximum Gasteiger partial charge on any atom is 0.0254 e. The molecule has 0 radical (unpaired) electrons. The lowest BCUT2D eigenvalue weighted by molar-refractivity contribution is 0.528. The summed E-state index contributed by atoms with van der Waals surface area (Å²) in [6.45, 7) is 2.22. The zero-order valence-corrected chi connectivity index (χ0v) is 11.4. The summed E-state index contributed by atoms with van der Waals surface area (Å²) in [7, 11) is 0. The Morgan fingerprint density at radius 1 is 1.29 bits per heavy atom. The molecule has 14 heavy (non-hydrogen) atoms. The Kier molecular flexibility index (Phi) is 5.87. The lowest BCUT2D eigenvalue weighted by Gasteiger charge is -2.12. The van der Waals surface area contributed by atoms with E-state index in [0.717, 1.165) is 12.3 Å². The van der Waals surface area contributed by atoms with E-state index in [9.17, 15) is 0 Å². The van der Waals surface area contributed by atoms with Crippen molar-refractivity contribution in [3.63, 3.8) is 0 Å². The molecule has 0 aliphatic carbocycles. The molecule has 1 unspecified atom stereocenters. The first-order valence-corrected chi connectivity index (χ1v) is 6.68. The van der Waals surface area contributed by atoms with Crippen LogP contribution < -0.4 is 0 Å². The van der Waals surface area contributed by atoms with Crippen molar-refractivity contribution in [3.05, 3.63) is 33.4 Å². The monoisotopic (exact) mass is 322 g/mol. The van der Waals surface area contributed by atoms with E-state index < -0.39 is 0 Å². The molecule has 1 aromatic carbocycles. The second-order valence-electron chi connectivity index (χ2n) is 3.64. The Balaban J connectivity index is 2.53. The van der Waals surface area contributed by atoms with Gasteiger partial charge in [-0.25, -0.2) is 0 Å². The van der Waals surface area contributed by atoms with Crippen LogP contribution in [0, 0.1) is 9.49 Å². The molecule has 1 atom stereocenters. The van der Waals surface area contributed by atoms with Gasteiger partial charge >= 0.3 is 0 Å². The molecule has 0 saturated carbocycles. The largest absolute Gasteiger partial charge is 0.126 e. The smallest absolute Gasteiger partial charge is 0.0254 e. The molecule has 2 heteroatoms. The molecular formula is C12H16ClI. The zero-order valence-electron chi connectivity index (χ0n) is 8.47. The summed E-state index contributed by atoms with van der Waals surface area (Å²) in [5.74, 6) is 1.42. The van der Waals surface area contributed by atoms with Crippen LogP contribution in [0.2, 0.25) is 0 Å². The van der Waals surface area contributed by atoms with Gasteiger partial charge in [0, 0.05) is 9.45 Å². The highest BCUT2D eigenvalue weighted by molar-refractivity contribution is 14.1. The van der Waals surface area contributed by atoms with Crippen LogP contribution in [0.25, 0.3) is 0 Å². The van der Waals surface area contributed by atoms with Gasteiger partial charge < -0.3 is 0 Å². The van der Waals surface area contributed by atoms with Crippen LogP contribution in [0.3, 0.4) is 0 Å². The van der Waals surface area contributed by atoms with E-state index in [1.807, 2.05) is 0 Å². The predicted octanol–water partition coefficient (Wildman–Crippen LogP) is 4.49. The van der Waals surface area contributed by atoms with Gasteiger partial charge in [0.25, 0.3) is 0 Å². The minimum absolute atomic E-state index is 0.640. The standard InChI is InChI=1S/C12H16ClI/c1-2-3-11(9-13)8-10-4-6-12(14)7-5-10/h4-7,11H,2-3,8-9H2,1H3. The van der Waals surface area contributed by atoms with Crippen LogP contribution in [0.5, 0.6) is 0 Å². The first-order chi connectivity index (χ1) is 6.76. The van der Waals surface area contributed by atoms with Gasteiger partial charge in [0.15, 0.2) is 0 Å². The number of alkyl halides is 1. The quantitative estimate of drug-likeness (QED) is 0.553. The highest BCUT2D eigenvalue weighted by Gasteiger charge is 2.06. The van der Waals surface area contributed by atoms with E-state index >= 15 is 0 Å². The van der Waals surface area contributed by atoms with E-state index in [1.165, 1.54) is 22.0 Å². The summed E-state index contributed by atoms with van der Waals surface area (Å²) >= 11 is 8.26. The van der Waals surface area contributed by atoms with Crippen LogP contribution in [0.1, 0.15) is 25.3 Å². The Bertz CT molecular complexity index is 256. The summed E-state index contributed by atoms with van der Waals surface area (Å²) in [5.41, 5.74) is 1.41. The molecule has 0 amide bonds. The van der Waals surface area contributed by atoms with Gasteiger partial charge in [-0.2, -0.15) is 0 Å². The Morgan fingerprint density at radius 2 is 1.93 bits per heavy atom. The van der Waals surface area contributed by atoms with Crippen LogP contribution >= 0.6 is 34.2 Å². The molecular weight excluding hydrogens is 306 g/mol. The summed E-state index contributed by atoms with van der Waals surface area (Å²) in [4.78, 5) is 0. The fraction of sp³-hybridized carbons (Fsp3) is 0.500. The van der Waals surface area contributed by atoms with Crippen LogP contribution in [-0.2, 0) is 6.42 Å². The molecule has 78 valence electrons. The Morgan fingerprint density at radius 3 is 2.43 bits per heavy atom. The van der Waals surface area contributed by atoms with Gasteiger partial charge in [0.1, 0.15) is 0 Å². The van der Waals surface area contributed by atoms with Crippen LogP contribution in [0.4, 0.5) is 0 Å². The molecule has 1 aromatic rings.